The van der Waals surface area contributed by atoms with E-state index >= 15 is 0 Å². The molecule has 1 aliphatic carbocycles. The van der Waals surface area contributed by atoms with E-state index in [2.05, 4.69) is 5.32 Å². The maximum Gasteiger partial charge on any atom is 0.251 e. The molecule has 0 saturated heterocycles. The van der Waals surface area contributed by atoms with Gasteiger partial charge in [0.1, 0.15) is 11.6 Å². The molecule has 6 heteroatoms. The number of carbonyl (C=O) groups is 1. The molecule has 19 heavy (non-hydrogen) atoms. The van der Waals surface area contributed by atoms with Gasteiger partial charge in [0, 0.05) is 18.7 Å². The number of amides is 1. The SMILES string of the molecule is CCOC1CC(Nc2cc(C(N)=O)c(F)cc2F)C1. The molecule has 3 N–H and O–H groups in total. The number of benzene rings is 1. The van der Waals surface area contributed by atoms with Crippen LogP contribution in [0.15, 0.2) is 12.1 Å². The molecule has 0 spiro atoms. The second-order valence-corrected chi connectivity index (χ2v) is 4.57. The number of hydrogen-bond acceptors (Lipinski definition) is 3. The van der Waals surface area contributed by atoms with Gasteiger partial charge in [0.15, 0.2) is 0 Å². The van der Waals surface area contributed by atoms with E-state index < -0.39 is 17.5 Å². The molecule has 1 saturated carbocycles. The van der Waals surface area contributed by atoms with Gasteiger partial charge in [0.05, 0.1) is 17.4 Å². The first-order valence-corrected chi connectivity index (χ1v) is 6.18. The lowest BCUT2D eigenvalue weighted by Crippen LogP contribution is -2.41. The van der Waals surface area contributed by atoms with Crippen molar-refractivity contribution in [2.24, 2.45) is 5.73 Å². The third-order valence-electron chi connectivity index (χ3n) is 3.18. The van der Waals surface area contributed by atoms with Gasteiger partial charge >= 0.3 is 0 Å². The molecule has 0 aromatic heterocycles. The Morgan fingerprint density at radius 1 is 1.42 bits per heavy atom. The van der Waals surface area contributed by atoms with Crippen LogP contribution in [0.1, 0.15) is 30.1 Å². The summed E-state index contributed by atoms with van der Waals surface area (Å²) in [6.07, 6.45) is 1.70. The van der Waals surface area contributed by atoms with Gasteiger partial charge in [-0.3, -0.25) is 4.79 Å². The summed E-state index contributed by atoms with van der Waals surface area (Å²) < 4.78 is 32.3. The molecule has 2 rings (SSSR count). The largest absolute Gasteiger partial charge is 0.380 e. The fraction of sp³-hybridized carbons (Fsp3) is 0.462. The second kappa shape index (κ2) is 5.52. The Balaban J connectivity index is 2.05. The van der Waals surface area contributed by atoms with E-state index in [9.17, 15) is 13.6 Å². The van der Waals surface area contributed by atoms with Crippen molar-refractivity contribution in [1.82, 2.24) is 0 Å². The van der Waals surface area contributed by atoms with Crippen molar-refractivity contribution in [2.75, 3.05) is 11.9 Å². The molecule has 1 fully saturated rings. The van der Waals surface area contributed by atoms with Crippen LogP contribution in [0.4, 0.5) is 14.5 Å². The van der Waals surface area contributed by atoms with Crippen molar-refractivity contribution in [3.63, 3.8) is 0 Å². The lowest BCUT2D eigenvalue weighted by Gasteiger charge is -2.36. The van der Waals surface area contributed by atoms with Crippen LogP contribution >= 0.6 is 0 Å². The molecule has 0 unspecified atom stereocenters. The molecule has 1 amide bonds. The van der Waals surface area contributed by atoms with Crippen LogP contribution < -0.4 is 11.1 Å². The number of hydrogen-bond donors (Lipinski definition) is 2. The van der Waals surface area contributed by atoms with Gasteiger partial charge < -0.3 is 15.8 Å². The van der Waals surface area contributed by atoms with Crippen LogP contribution in [0.3, 0.4) is 0 Å². The zero-order chi connectivity index (χ0) is 14.0. The summed E-state index contributed by atoms with van der Waals surface area (Å²) >= 11 is 0. The first kappa shape index (κ1) is 13.7. The second-order valence-electron chi connectivity index (χ2n) is 4.57. The predicted molar refractivity (Wildman–Crippen MR) is 66.9 cm³/mol. The number of carbonyl (C=O) groups excluding carboxylic acids is 1. The minimum Gasteiger partial charge on any atom is -0.380 e. The summed E-state index contributed by atoms with van der Waals surface area (Å²) in [5, 5.41) is 2.93. The van der Waals surface area contributed by atoms with Crippen molar-refractivity contribution in [3.8, 4) is 0 Å². The first-order valence-electron chi connectivity index (χ1n) is 6.18. The van der Waals surface area contributed by atoms with Crippen LogP contribution in [-0.4, -0.2) is 24.7 Å². The van der Waals surface area contributed by atoms with Gasteiger partial charge in [-0.15, -0.1) is 0 Å². The zero-order valence-electron chi connectivity index (χ0n) is 10.6. The van der Waals surface area contributed by atoms with Crippen molar-refractivity contribution in [3.05, 3.63) is 29.3 Å². The number of nitrogens with one attached hydrogen (secondary N) is 1. The predicted octanol–water partition coefficient (Wildman–Crippen LogP) is 2.04. The fourth-order valence-corrected chi connectivity index (χ4v) is 2.12. The van der Waals surface area contributed by atoms with Crippen molar-refractivity contribution < 1.29 is 18.3 Å². The number of primary amides is 1. The molecule has 1 aliphatic rings. The van der Waals surface area contributed by atoms with Gasteiger partial charge in [0.2, 0.25) is 0 Å². The van der Waals surface area contributed by atoms with Gasteiger partial charge in [-0.25, -0.2) is 8.78 Å². The first-order chi connectivity index (χ1) is 9.01. The average Bonchev–Trinajstić information content (AvgIpc) is 2.28. The number of nitrogens with two attached hydrogens (primary N) is 1. The number of halogens is 2. The third kappa shape index (κ3) is 3.01. The quantitative estimate of drug-likeness (QED) is 0.860. The molecular weight excluding hydrogens is 254 g/mol. The monoisotopic (exact) mass is 270 g/mol. The van der Waals surface area contributed by atoms with E-state index in [1.54, 1.807) is 0 Å². The third-order valence-corrected chi connectivity index (χ3v) is 3.18. The summed E-state index contributed by atoms with van der Waals surface area (Å²) in [6, 6.07) is 1.85. The number of ether oxygens (including phenoxy) is 1. The normalized spacial score (nSPS) is 21.8. The Kier molecular flexibility index (Phi) is 3.99. The minimum atomic E-state index is -0.948. The summed E-state index contributed by atoms with van der Waals surface area (Å²) in [5.74, 6) is -2.60. The maximum atomic E-state index is 13.6. The highest BCUT2D eigenvalue weighted by atomic mass is 19.1. The van der Waals surface area contributed by atoms with Crippen molar-refractivity contribution in [2.45, 2.75) is 31.9 Å². The highest BCUT2D eigenvalue weighted by molar-refractivity contribution is 5.94. The van der Waals surface area contributed by atoms with Gasteiger partial charge in [0.25, 0.3) is 5.91 Å². The van der Waals surface area contributed by atoms with Crippen LogP contribution in [-0.2, 0) is 4.74 Å². The molecule has 0 atom stereocenters. The number of anilines is 1. The Morgan fingerprint density at radius 2 is 2.11 bits per heavy atom. The summed E-state index contributed by atoms with van der Waals surface area (Å²) in [4.78, 5) is 11.0. The number of rotatable bonds is 5. The van der Waals surface area contributed by atoms with Gasteiger partial charge in [-0.05, 0) is 25.8 Å². The molecule has 104 valence electrons. The van der Waals surface area contributed by atoms with Crippen LogP contribution in [0.2, 0.25) is 0 Å². The lowest BCUT2D eigenvalue weighted by atomic mass is 9.89. The molecule has 0 bridgehead atoms. The zero-order valence-corrected chi connectivity index (χ0v) is 10.6. The van der Waals surface area contributed by atoms with Crippen molar-refractivity contribution in [1.29, 1.82) is 0 Å². The molecule has 0 aliphatic heterocycles. The van der Waals surface area contributed by atoms with Crippen LogP contribution in [0, 0.1) is 11.6 Å². The van der Waals surface area contributed by atoms with E-state index in [-0.39, 0.29) is 23.4 Å². The van der Waals surface area contributed by atoms with E-state index in [1.165, 1.54) is 0 Å². The molecule has 0 radical (unpaired) electrons. The Hall–Kier alpha value is -1.69. The van der Waals surface area contributed by atoms with Gasteiger partial charge in [-0.2, -0.15) is 0 Å². The maximum absolute atomic E-state index is 13.6. The highest BCUT2D eigenvalue weighted by Crippen LogP contribution is 2.28. The molecule has 1 aromatic carbocycles. The standard InChI is InChI=1S/C13H16F2N2O2/c1-2-19-8-3-7(4-8)17-12-5-9(13(16)18)10(14)6-11(12)15/h5-8,17H,2-4H2,1H3,(H2,16,18). The molecular formula is C13H16F2N2O2. The molecule has 4 nitrogen and oxygen atoms in total. The topological polar surface area (TPSA) is 64.3 Å². The molecule has 1 aromatic rings. The lowest BCUT2D eigenvalue weighted by molar-refractivity contribution is 0.00292. The fourth-order valence-electron chi connectivity index (χ4n) is 2.12. The van der Waals surface area contributed by atoms with E-state index in [1.807, 2.05) is 6.92 Å². The van der Waals surface area contributed by atoms with Gasteiger partial charge in [-0.1, -0.05) is 0 Å². The average molecular weight is 270 g/mol. The van der Waals surface area contributed by atoms with Crippen molar-refractivity contribution >= 4 is 11.6 Å². The molecule has 0 heterocycles. The minimum absolute atomic E-state index is 0.0669. The highest BCUT2D eigenvalue weighted by Gasteiger charge is 2.30. The van der Waals surface area contributed by atoms with E-state index in [0.717, 1.165) is 18.9 Å². The van der Waals surface area contributed by atoms with E-state index in [4.69, 9.17) is 10.5 Å². The summed E-state index contributed by atoms with van der Waals surface area (Å²) in [6.45, 7) is 2.56. The Morgan fingerprint density at radius 3 is 2.68 bits per heavy atom. The Bertz CT molecular complexity index is 488. The smallest absolute Gasteiger partial charge is 0.251 e. The summed E-state index contributed by atoms with van der Waals surface area (Å²) in [7, 11) is 0. The Labute approximate surface area is 109 Å². The van der Waals surface area contributed by atoms with Crippen LogP contribution in [0.25, 0.3) is 0 Å². The summed E-state index contributed by atoms with van der Waals surface area (Å²) in [5.41, 5.74) is 4.80. The van der Waals surface area contributed by atoms with Crippen LogP contribution in [0.5, 0.6) is 0 Å². The van der Waals surface area contributed by atoms with E-state index in [0.29, 0.717) is 12.7 Å².